The summed E-state index contributed by atoms with van der Waals surface area (Å²) in [6, 6.07) is 3.29. The van der Waals surface area contributed by atoms with Gasteiger partial charge in [-0.3, -0.25) is 0 Å². The number of ether oxygens (including phenoxy) is 1. The summed E-state index contributed by atoms with van der Waals surface area (Å²) >= 11 is 1.44. The number of hydrogen-bond acceptors (Lipinski definition) is 4. The van der Waals surface area contributed by atoms with Crippen molar-refractivity contribution in [3.8, 4) is 11.5 Å². The third-order valence-corrected chi connectivity index (χ3v) is 2.98. The molecule has 0 radical (unpaired) electrons. The van der Waals surface area contributed by atoms with Gasteiger partial charge in [0, 0.05) is 11.1 Å². The topological polar surface area (TPSA) is 55.5 Å². The van der Waals surface area contributed by atoms with Gasteiger partial charge < -0.3 is 15.6 Å². The fourth-order valence-corrected chi connectivity index (χ4v) is 2.33. The zero-order valence-corrected chi connectivity index (χ0v) is 8.60. The number of nitrogens with two attached hydrogens (primary N) is 1. The van der Waals surface area contributed by atoms with Crippen molar-refractivity contribution in [3.63, 3.8) is 0 Å². The van der Waals surface area contributed by atoms with Crippen LogP contribution in [0, 0.1) is 0 Å². The van der Waals surface area contributed by atoms with E-state index in [4.69, 9.17) is 10.5 Å². The summed E-state index contributed by atoms with van der Waals surface area (Å²) in [7, 11) is 0. The van der Waals surface area contributed by atoms with Crippen LogP contribution in [0.2, 0.25) is 0 Å². The van der Waals surface area contributed by atoms with E-state index in [1.807, 2.05) is 12.3 Å². The lowest BCUT2D eigenvalue weighted by molar-refractivity contribution is 0.345. The van der Waals surface area contributed by atoms with E-state index < -0.39 is 0 Å². The first kappa shape index (κ1) is 9.15. The van der Waals surface area contributed by atoms with Crippen LogP contribution in [0.15, 0.2) is 17.5 Å². The van der Waals surface area contributed by atoms with Crippen LogP contribution in [0.5, 0.6) is 11.5 Å². The minimum Gasteiger partial charge on any atom is -0.506 e. The molecule has 2 rings (SSSR count). The van der Waals surface area contributed by atoms with Crippen molar-refractivity contribution in [3.05, 3.63) is 17.5 Å². The first-order valence-corrected chi connectivity index (χ1v) is 5.23. The Morgan fingerprint density at radius 3 is 3.00 bits per heavy atom. The summed E-state index contributed by atoms with van der Waals surface area (Å²) in [5, 5.41) is 12.3. The molecule has 4 heteroatoms. The van der Waals surface area contributed by atoms with Gasteiger partial charge in [0.05, 0.1) is 16.7 Å². The molecule has 0 aliphatic heterocycles. The van der Waals surface area contributed by atoms with Gasteiger partial charge in [-0.15, -0.1) is 11.3 Å². The van der Waals surface area contributed by atoms with Gasteiger partial charge in [0.25, 0.3) is 0 Å². The van der Waals surface area contributed by atoms with Crippen molar-refractivity contribution in [2.45, 2.75) is 6.92 Å². The number of aromatic hydroxyl groups is 1. The lowest BCUT2D eigenvalue weighted by atomic mass is 10.2. The highest BCUT2D eigenvalue weighted by molar-refractivity contribution is 7.18. The molecule has 3 nitrogen and oxygen atoms in total. The lowest BCUT2D eigenvalue weighted by Gasteiger charge is -2.03. The van der Waals surface area contributed by atoms with Crippen LogP contribution in [-0.2, 0) is 0 Å². The number of phenolic OH excluding ortho intramolecular Hbond substituents is 1. The molecule has 1 aromatic carbocycles. The summed E-state index contributed by atoms with van der Waals surface area (Å²) < 4.78 is 6.20. The Labute approximate surface area is 85.7 Å². The van der Waals surface area contributed by atoms with Crippen LogP contribution in [0.4, 0.5) is 5.69 Å². The number of thiophene rings is 1. The van der Waals surface area contributed by atoms with E-state index in [2.05, 4.69) is 0 Å². The van der Waals surface area contributed by atoms with Gasteiger partial charge in [-0.2, -0.15) is 0 Å². The Balaban J connectivity index is 2.70. The van der Waals surface area contributed by atoms with Crippen molar-refractivity contribution in [1.82, 2.24) is 0 Å². The molecular weight excluding hydrogens is 198 g/mol. The van der Waals surface area contributed by atoms with E-state index in [1.54, 1.807) is 12.1 Å². The molecule has 0 saturated heterocycles. The molecule has 3 N–H and O–H groups in total. The Morgan fingerprint density at radius 2 is 2.29 bits per heavy atom. The van der Waals surface area contributed by atoms with Crippen LogP contribution in [-0.4, -0.2) is 11.7 Å². The quantitative estimate of drug-likeness (QED) is 0.590. The van der Waals surface area contributed by atoms with E-state index >= 15 is 0 Å². The highest BCUT2D eigenvalue weighted by Gasteiger charge is 2.11. The Morgan fingerprint density at radius 1 is 1.50 bits per heavy atom. The van der Waals surface area contributed by atoms with Crippen molar-refractivity contribution < 1.29 is 9.84 Å². The number of fused-ring (bicyclic) bond motifs is 1. The average molecular weight is 209 g/mol. The lowest BCUT2D eigenvalue weighted by Crippen LogP contribution is -1.92. The predicted molar refractivity (Wildman–Crippen MR) is 59.1 cm³/mol. The normalized spacial score (nSPS) is 10.6. The number of benzene rings is 1. The maximum Gasteiger partial charge on any atom is 0.140 e. The molecule has 0 unspecified atom stereocenters. The molecule has 0 saturated carbocycles. The number of hydrogen-bond donors (Lipinski definition) is 2. The number of phenols is 1. The Kier molecular flexibility index (Phi) is 2.21. The molecule has 14 heavy (non-hydrogen) atoms. The second kappa shape index (κ2) is 3.38. The van der Waals surface area contributed by atoms with Crippen molar-refractivity contribution in [2.75, 3.05) is 12.3 Å². The fourth-order valence-electron chi connectivity index (χ4n) is 1.39. The van der Waals surface area contributed by atoms with Gasteiger partial charge in [0.15, 0.2) is 0 Å². The number of anilines is 1. The Hall–Kier alpha value is -1.42. The molecule has 0 amide bonds. The second-order valence-corrected chi connectivity index (χ2v) is 3.79. The van der Waals surface area contributed by atoms with Gasteiger partial charge in [-0.05, 0) is 19.1 Å². The summed E-state index contributed by atoms with van der Waals surface area (Å²) in [5.74, 6) is 1.01. The van der Waals surface area contributed by atoms with Crippen molar-refractivity contribution in [2.24, 2.45) is 0 Å². The largest absolute Gasteiger partial charge is 0.506 e. The molecular formula is C10H11NO2S. The first-order chi connectivity index (χ1) is 6.74. The maximum atomic E-state index is 9.58. The highest BCUT2D eigenvalue weighted by Crippen LogP contribution is 2.41. The van der Waals surface area contributed by atoms with Gasteiger partial charge in [-0.1, -0.05) is 0 Å². The molecule has 0 atom stereocenters. The van der Waals surface area contributed by atoms with Gasteiger partial charge in [0.2, 0.25) is 0 Å². The second-order valence-electron chi connectivity index (χ2n) is 2.91. The van der Waals surface area contributed by atoms with E-state index in [0.717, 1.165) is 15.8 Å². The standard InChI is InChI=1S/C10H11NO2S/c1-2-13-8-5-14-10-7(12)4-3-6(11)9(8)10/h3-5,12H,2,11H2,1H3. The summed E-state index contributed by atoms with van der Waals surface area (Å²) in [6.45, 7) is 2.52. The van der Waals surface area contributed by atoms with Gasteiger partial charge >= 0.3 is 0 Å². The minimum atomic E-state index is 0.255. The van der Waals surface area contributed by atoms with Crippen molar-refractivity contribution >= 4 is 27.1 Å². The van der Waals surface area contributed by atoms with Crippen molar-refractivity contribution in [1.29, 1.82) is 0 Å². The Bertz CT molecular complexity index is 464. The third-order valence-electron chi connectivity index (χ3n) is 2.00. The highest BCUT2D eigenvalue weighted by atomic mass is 32.1. The SMILES string of the molecule is CCOc1csc2c(O)ccc(N)c12. The number of rotatable bonds is 2. The van der Waals surface area contributed by atoms with Crippen LogP contribution < -0.4 is 10.5 Å². The molecule has 0 bridgehead atoms. The molecule has 0 aliphatic carbocycles. The molecule has 1 aromatic heterocycles. The summed E-state index contributed by atoms with van der Waals surface area (Å²) in [5.41, 5.74) is 6.46. The third kappa shape index (κ3) is 1.28. The summed E-state index contributed by atoms with van der Waals surface area (Å²) in [6.07, 6.45) is 0. The fraction of sp³-hybridized carbons (Fsp3) is 0.200. The van der Waals surface area contributed by atoms with Gasteiger partial charge in [-0.25, -0.2) is 0 Å². The van der Waals surface area contributed by atoms with Crippen LogP contribution >= 0.6 is 11.3 Å². The van der Waals surface area contributed by atoms with Crippen LogP contribution in [0.3, 0.4) is 0 Å². The smallest absolute Gasteiger partial charge is 0.140 e. The molecule has 2 aromatic rings. The number of nitrogen functional groups attached to an aromatic ring is 1. The first-order valence-electron chi connectivity index (χ1n) is 4.35. The molecule has 74 valence electrons. The van der Waals surface area contributed by atoms with E-state index in [9.17, 15) is 5.11 Å². The van der Waals surface area contributed by atoms with E-state index in [-0.39, 0.29) is 5.75 Å². The molecule has 0 aliphatic rings. The summed E-state index contributed by atoms with van der Waals surface area (Å²) in [4.78, 5) is 0. The maximum absolute atomic E-state index is 9.58. The monoisotopic (exact) mass is 209 g/mol. The molecule has 0 spiro atoms. The van der Waals surface area contributed by atoms with E-state index in [0.29, 0.717) is 12.3 Å². The minimum absolute atomic E-state index is 0.255. The van der Waals surface area contributed by atoms with Gasteiger partial charge in [0.1, 0.15) is 11.5 Å². The van der Waals surface area contributed by atoms with Crippen LogP contribution in [0.1, 0.15) is 6.92 Å². The zero-order chi connectivity index (χ0) is 10.1. The average Bonchev–Trinajstić information content (AvgIpc) is 2.58. The predicted octanol–water partition coefficient (Wildman–Crippen LogP) is 2.59. The molecule has 0 fully saturated rings. The van der Waals surface area contributed by atoms with Crippen LogP contribution in [0.25, 0.3) is 10.1 Å². The molecule has 1 heterocycles. The zero-order valence-electron chi connectivity index (χ0n) is 7.78. The van der Waals surface area contributed by atoms with E-state index in [1.165, 1.54) is 11.3 Å².